The molecular weight excluding hydrogens is 335 g/mol. The molecule has 0 saturated carbocycles. The summed E-state index contributed by atoms with van der Waals surface area (Å²) in [5, 5.41) is 9.19. The maximum Gasteiger partial charge on any atom is 0.119 e. The van der Waals surface area contributed by atoms with Crippen molar-refractivity contribution in [2.45, 2.75) is 12.8 Å². The van der Waals surface area contributed by atoms with Crippen molar-refractivity contribution >= 4 is 0 Å². The van der Waals surface area contributed by atoms with Gasteiger partial charge in [0, 0.05) is 26.2 Å². The smallest absolute Gasteiger partial charge is 0.119 e. The first-order valence-corrected chi connectivity index (χ1v) is 4.94. The number of aromatic hydroxyl groups is 1. The normalized spacial score (nSPS) is 8.57. The fraction of sp³-hybridized carbons (Fsp3) is 0.105. The van der Waals surface area contributed by atoms with Crippen LogP contribution < -0.4 is 0 Å². The third kappa shape index (κ3) is 17.1. The van der Waals surface area contributed by atoms with Crippen LogP contribution in [0.15, 0.2) is 55.1 Å². The molecule has 0 saturated heterocycles. The van der Waals surface area contributed by atoms with Crippen LogP contribution in [0.2, 0.25) is 0 Å². The van der Waals surface area contributed by atoms with E-state index in [0.29, 0.717) is 5.75 Å². The van der Waals surface area contributed by atoms with E-state index in [1.807, 2.05) is 30.4 Å². The quantitative estimate of drug-likeness (QED) is 0.528. The van der Waals surface area contributed by atoms with Gasteiger partial charge in [-0.15, -0.1) is 13.0 Å². The number of allylic oxidation sites excluding steroid dienone is 5. The zero-order valence-corrected chi connectivity index (χ0v) is 16.6. The third-order valence-corrected chi connectivity index (χ3v) is 1.94. The summed E-state index contributed by atoms with van der Waals surface area (Å²) in [7, 11) is 0. The first kappa shape index (κ1) is 36.9. The van der Waals surface area contributed by atoms with Crippen molar-refractivity contribution in [3.63, 3.8) is 0 Å². The van der Waals surface area contributed by atoms with Crippen molar-refractivity contribution in [3.8, 4) is 5.75 Å². The van der Waals surface area contributed by atoms with Gasteiger partial charge in [-0.3, -0.25) is 6.08 Å². The minimum Gasteiger partial charge on any atom is -0.508 e. The van der Waals surface area contributed by atoms with Gasteiger partial charge in [-0.1, -0.05) is 24.3 Å². The van der Waals surface area contributed by atoms with Crippen LogP contribution in [0.1, 0.15) is 12.0 Å². The average molecular weight is 366 g/mol. The molecule has 122 valence electrons. The summed E-state index contributed by atoms with van der Waals surface area (Å²) in [4.78, 5) is 0. The molecule has 2 rings (SSSR count). The van der Waals surface area contributed by atoms with Gasteiger partial charge in [-0.25, -0.2) is 12.2 Å². The van der Waals surface area contributed by atoms with E-state index in [4.69, 9.17) is 0 Å². The summed E-state index contributed by atoms with van der Waals surface area (Å²) in [5.41, 5.74) is 0.928. The van der Waals surface area contributed by atoms with Gasteiger partial charge in [0.05, 0.1) is 0 Å². The maximum atomic E-state index is 9.19. The maximum absolute atomic E-state index is 9.19. The Morgan fingerprint density at radius 1 is 1.10 bits per heavy atom. The van der Waals surface area contributed by atoms with E-state index in [1.54, 1.807) is 12.1 Å². The van der Waals surface area contributed by atoms with Gasteiger partial charge in [0.15, 0.2) is 0 Å². The number of hydrogen-bond acceptors (Lipinski definition) is 1. The number of benzene rings is 1. The van der Waals surface area contributed by atoms with Gasteiger partial charge in [0.25, 0.3) is 0 Å². The van der Waals surface area contributed by atoms with E-state index < -0.39 is 0 Å². The van der Waals surface area contributed by atoms with Crippen molar-refractivity contribution < 1.29 is 31.3 Å². The zero-order valence-electron chi connectivity index (χ0n) is 14.2. The third-order valence-electron chi connectivity index (χ3n) is 1.94. The molecule has 0 heterocycles. The van der Waals surface area contributed by atoms with Crippen LogP contribution in [0.25, 0.3) is 0 Å². The van der Waals surface area contributed by atoms with E-state index in [0.717, 1.165) is 18.4 Å². The number of phenols is 1. The van der Waals surface area contributed by atoms with Crippen molar-refractivity contribution in [3.05, 3.63) is 104 Å². The molecule has 0 spiro atoms. The molecule has 0 aliphatic heterocycles. The number of para-hydroxylation sites is 1. The molecule has 1 aliphatic rings. The van der Waals surface area contributed by atoms with E-state index in [2.05, 4.69) is 18.7 Å². The molecule has 0 fully saturated rings. The van der Waals surface area contributed by atoms with Crippen LogP contribution in [0.3, 0.4) is 0 Å². The van der Waals surface area contributed by atoms with Gasteiger partial charge in [-0.05, 0) is 18.1 Å². The molecule has 21 heavy (non-hydrogen) atoms. The van der Waals surface area contributed by atoms with Gasteiger partial charge in [-0.2, -0.15) is 6.08 Å². The minimum atomic E-state index is 0. The van der Waals surface area contributed by atoms with Gasteiger partial charge in [0.2, 0.25) is 0 Å². The van der Waals surface area contributed by atoms with Crippen molar-refractivity contribution in [1.29, 1.82) is 0 Å². The Morgan fingerprint density at radius 2 is 1.67 bits per heavy atom. The molecule has 2 heteroatoms. The fourth-order valence-corrected chi connectivity index (χ4v) is 1.18. The Balaban J connectivity index is -0.0000000458. The molecule has 1 aromatic rings. The molecule has 0 aromatic heterocycles. The Kier molecular flexibility index (Phi) is 42.4. The molecule has 1 nitrogen and oxygen atoms in total. The van der Waals surface area contributed by atoms with Gasteiger partial charge < -0.3 is 42.2 Å². The standard InChI is InChI=1S/C9H10O.C5H5.5CH3.Zr/c1-2-5-8-6-3-4-7-9(8)10;1-2-4-5-3-1;;;;;;/h2-4,6-7,10H,1,5H2;1-3H,4H2;5*1H3;/q;6*-1;. The predicted molar refractivity (Wildman–Crippen MR) is 95.6 cm³/mol. The molecule has 0 amide bonds. The summed E-state index contributed by atoms with van der Waals surface area (Å²) < 4.78 is 0. The molecule has 0 atom stereocenters. The van der Waals surface area contributed by atoms with Crippen LogP contribution in [0, 0.1) is 43.2 Å². The summed E-state index contributed by atoms with van der Waals surface area (Å²) in [6.45, 7) is 3.59. The molecule has 1 N–H and O–H groups in total. The molecule has 0 bridgehead atoms. The molecular formula is C19H30OZr-6. The first-order valence-electron chi connectivity index (χ1n) is 4.94. The zero-order chi connectivity index (χ0) is 10.9. The topological polar surface area (TPSA) is 20.2 Å². The Labute approximate surface area is 153 Å². The summed E-state index contributed by atoms with van der Waals surface area (Å²) in [6.07, 6.45) is 12.5. The van der Waals surface area contributed by atoms with Crippen LogP contribution in [-0.4, -0.2) is 5.11 Å². The van der Waals surface area contributed by atoms with Crippen LogP contribution in [-0.2, 0) is 32.6 Å². The van der Waals surface area contributed by atoms with E-state index in [1.165, 1.54) is 0 Å². The Morgan fingerprint density at radius 3 is 2.00 bits per heavy atom. The monoisotopic (exact) mass is 364 g/mol. The number of hydrogen-bond donors (Lipinski definition) is 1. The minimum absolute atomic E-state index is 0. The second-order valence-corrected chi connectivity index (χ2v) is 3.12. The Hall–Kier alpha value is -0.877. The largest absolute Gasteiger partial charge is 0.508 e. The predicted octanol–water partition coefficient (Wildman–Crippen LogP) is 5.68. The molecule has 1 aliphatic carbocycles. The summed E-state index contributed by atoms with van der Waals surface area (Å²) in [6, 6.07) is 7.27. The van der Waals surface area contributed by atoms with Gasteiger partial charge >= 0.3 is 0 Å². The van der Waals surface area contributed by atoms with Gasteiger partial charge in [0.1, 0.15) is 5.75 Å². The number of phenolic OH excluding ortho intramolecular Hbond substituents is 1. The first-order chi connectivity index (χ1) is 7.34. The molecule has 1 aromatic carbocycles. The average Bonchev–Trinajstić information content (AvgIpc) is 2.80. The van der Waals surface area contributed by atoms with Crippen molar-refractivity contribution in [2.75, 3.05) is 0 Å². The van der Waals surface area contributed by atoms with Crippen LogP contribution in [0.4, 0.5) is 0 Å². The van der Waals surface area contributed by atoms with Crippen LogP contribution in [0.5, 0.6) is 5.75 Å². The molecule has 0 unspecified atom stereocenters. The van der Waals surface area contributed by atoms with Crippen molar-refractivity contribution in [2.24, 2.45) is 0 Å². The molecule has 0 radical (unpaired) electrons. The fourth-order valence-electron chi connectivity index (χ4n) is 1.18. The van der Waals surface area contributed by atoms with Crippen molar-refractivity contribution in [1.82, 2.24) is 0 Å². The number of rotatable bonds is 2. The Bertz CT molecular complexity index is 358. The summed E-state index contributed by atoms with van der Waals surface area (Å²) >= 11 is 0. The van der Waals surface area contributed by atoms with E-state index in [9.17, 15) is 5.11 Å². The summed E-state index contributed by atoms with van der Waals surface area (Å²) in [5.74, 6) is 0.349. The van der Waals surface area contributed by atoms with E-state index >= 15 is 0 Å². The SMILES string of the molecule is C=CCc1ccccc1O.[C-]1=CC=CC1.[CH3-].[CH3-].[CH3-].[CH3-].[CH3-].[Zr]. The second-order valence-electron chi connectivity index (χ2n) is 3.12. The second kappa shape index (κ2) is 24.2. The van der Waals surface area contributed by atoms with Crippen LogP contribution >= 0.6 is 0 Å². The van der Waals surface area contributed by atoms with E-state index in [-0.39, 0.29) is 63.3 Å².